The third kappa shape index (κ3) is 2.81. The molecule has 2 nitrogen and oxygen atoms in total. The molecule has 1 fully saturated rings. The lowest BCUT2D eigenvalue weighted by atomic mass is 10.2. The van der Waals surface area contributed by atoms with Crippen LogP contribution in [0.1, 0.15) is 37.9 Å². The van der Waals surface area contributed by atoms with Crippen LogP contribution in [-0.4, -0.2) is 11.5 Å². The highest BCUT2D eigenvalue weighted by Gasteiger charge is 2.20. The van der Waals surface area contributed by atoms with Gasteiger partial charge in [-0.2, -0.15) is 0 Å². The number of pyridine rings is 1. The van der Waals surface area contributed by atoms with E-state index in [0.717, 1.165) is 18.2 Å². The lowest BCUT2D eigenvalue weighted by Crippen LogP contribution is -2.20. The van der Waals surface area contributed by atoms with Crippen LogP contribution >= 0.6 is 0 Å². The minimum atomic E-state index is 0.384. The quantitative estimate of drug-likeness (QED) is 0.771. The second-order valence-electron chi connectivity index (χ2n) is 4.16. The first-order valence-corrected chi connectivity index (χ1v) is 5.50. The molecule has 0 bridgehead atoms. The molecular formula is C12H18N2. The number of hydrogen-bond donors (Lipinski definition) is 1. The van der Waals surface area contributed by atoms with Gasteiger partial charge in [0.25, 0.3) is 0 Å². The van der Waals surface area contributed by atoms with Crippen LogP contribution in [-0.2, 0) is 0 Å². The molecule has 76 valence electrons. The molecule has 0 unspecified atom stereocenters. The Bertz CT molecular complexity index is 267. The largest absolute Gasteiger partial charge is 0.309 e. The highest BCUT2D eigenvalue weighted by atomic mass is 14.9. The van der Waals surface area contributed by atoms with Gasteiger partial charge in [-0.1, -0.05) is 18.9 Å². The van der Waals surface area contributed by atoms with Gasteiger partial charge in [0.15, 0.2) is 0 Å². The van der Waals surface area contributed by atoms with E-state index in [9.17, 15) is 0 Å². The Hall–Kier alpha value is -0.890. The van der Waals surface area contributed by atoms with Crippen molar-refractivity contribution in [2.75, 3.05) is 6.54 Å². The van der Waals surface area contributed by atoms with Crippen molar-refractivity contribution in [3.63, 3.8) is 0 Å². The first-order chi connectivity index (χ1) is 6.86. The first-order valence-electron chi connectivity index (χ1n) is 5.50. The van der Waals surface area contributed by atoms with Crippen molar-refractivity contribution in [1.29, 1.82) is 0 Å². The lowest BCUT2D eigenvalue weighted by molar-refractivity contribution is 0.530. The van der Waals surface area contributed by atoms with Crippen molar-refractivity contribution >= 4 is 0 Å². The third-order valence-corrected chi connectivity index (χ3v) is 2.83. The van der Waals surface area contributed by atoms with Gasteiger partial charge in [-0.15, -0.1) is 0 Å². The number of aromatic nitrogens is 1. The molecule has 14 heavy (non-hydrogen) atoms. The minimum Gasteiger partial charge on any atom is -0.309 e. The van der Waals surface area contributed by atoms with E-state index in [0.29, 0.717) is 6.04 Å². The van der Waals surface area contributed by atoms with E-state index in [2.05, 4.69) is 23.3 Å². The Labute approximate surface area is 85.7 Å². The minimum absolute atomic E-state index is 0.384. The van der Waals surface area contributed by atoms with Gasteiger partial charge < -0.3 is 5.32 Å². The summed E-state index contributed by atoms with van der Waals surface area (Å²) < 4.78 is 0. The SMILES string of the molecule is C[C@@H](NCCC1CC1)c1ccccn1. The van der Waals surface area contributed by atoms with Crippen molar-refractivity contribution in [3.05, 3.63) is 30.1 Å². The van der Waals surface area contributed by atoms with Gasteiger partial charge in [0.1, 0.15) is 0 Å². The molecule has 1 saturated carbocycles. The third-order valence-electron chi connectivity index (χ3n) is 2.83. The Kier molecular flexibility index (Phi) is 3.14. The normalized spacial score (nSPS) is 18.1. The molecule has 1 aliphatic rings. The molecule has 1 aliphatic carbocycles. The maximum absolute atomic E-state index is 4.33. The van der Waals surface area contributed by atoms with Crippen LogP contribution in [0.5, 0.6) is 0 Å². The van der Waals surface area contributed by atoms with Gasteiger partial charge in [-0.05, 0) is 37.9 Å². The average Bonchev–Trinajstić information content (AvgIpc) is 3.03. The van der Waals surface area contributed by atoms with Crippen LogP contribution in [0.4, 0.5) is 0 Å². The molecule has 0 spiro atoms. The molecule has 0 aromatic carbocycles. The number of rotatable bonds is 5. The smallest absolute Gasteiger partial charge is 0.0570 e. The van der Waals surface area contributed by atoms with E-state index in [1.807, 2.05) is 18.3 Å². The summed E-state index contributed by atoms with van der Waals surface area (Å²) >= 11 is 0. The zero-order valence-electron chi connectivity index (χ0n) is 8.74. The Morgan fingerprint density at radius 3 is 3.00 bits per heavy atom. The average molecular weight is 190 g/mol. The van der Waals surface area contributed by atoms with Gasteiger partial charge in [0.05, 0.1) is 5.69 Å². The number of hydrogen-bond acceptors (Lipinski definition) is 2. The Morgan fingerprint density at radius 2 is 2.36 bits per heavy atom. The second kappa shape index (κ2) is 4.56. The van der Waals surface area contributed by atoms with Gasteiger partial charge >= 0.3 is 0 Å². The molecule has 0 saturated heterocycles. The van der Waals surface area contributed by atoms with E-state index in [1.165, 1.54) is 19.3 Å². The zero-order chi connectivity index (χ0) is 9.80. The molecule has 1 N–H and O–H groups in total. The van der Waals surface area contributed by atoms with Crippen LogP contribution in [0.2, 0.25) is 0 Å². The highest BCUT2D eigenvalue weighted by Crippen LogP contribution is 2.31. The van der Waals surface area contributed by atoms with Crippen molar-refractivity contribution in [2.45, 2.75) is 32.2 Å². The van der Waals surface area contributed by atoms with E-state index < -0.39 is 0 Å². The Balaban J connectivity index is 1.74. The predicted molar refractivity (Wildman–Crippen MR) is 58.0 cm³/mol. The molecule has 2 rings (SSSR count). The van der Waals surface area contributed by atoms with Crippen molar-refractivity contribution in [2.24, 2.45) is 5.92 Å². The fourth-order valence-corrected chi connectivity index (χ4v) is 1.65. The van der Waals surface area contributed by atoms with Gasteiger partial charge in [0, 0.05) is 12.2 Å². The summed E-state index contributed by atoms with van der Waals surface area (Å²) in [5.74, 6) is 1.01. The van der Waals surface area contributed by atoms with Crippen LogP contribution < -0.4 is 5.32 Å². The number of nitrogens with one attached hydrogen (secondary N) is 1. The molecule has 2 heteroatoms. The van der Waals surface area contributed by atoms with E-state index in [-0.39, 0.29) is 0 Å². The molecule has 0 aliphatic heterocycles. The topological polar surface area (TPSA) is 24.9 Å². The standard InChI is InChI=1S/C12H18N2/c1-10(12-4-2-3-8-14-12)13-9-7-11-5-6-11/h2-4,8,10-11,13H,5-7,9H2,1H3/t10-/m1/s1. The highest BCUT2D eigenvalue weighted by molar-refractivity contribution is 5.07. The maximum Gasteiger partial charge on any atom is 0.0570 e. The van der Waals surface area contributed by atoms with Gasteiger partial charge in [0.2, 0.25) is 0 Å². The molecule has 1 atom stereocenters. The summed E-state index contributed by atoms with van der Waals surface area (Å²) in [7, 11) is 0. The summed E-state index contributed by atoms with van der Waals surface area (Å²) in [6, 6.07) is 6.46. The van der Waals surface area contributed by atoms with E-state index in [4.69, 9.17) is 0 Å². The summed E-state index contributed by atoms with van der Waals surface area (Å²) in [4.78, 5) is 4.33. The van der Waals surface area contributed by atoms with Crippen molar-refractivity contribution < 1.29 is 0 Å². The summed E-state index contributed by atoms with van der Waals surface area (Å²) in [6.45, 7) is 3.30. The lowest BCUT2D eigenvalue weighted by Gasteiger charge is -2.12. The molecule has 0 radical (unpaired) electrons. The molecule has 0 amide bonds. The zero-order valence-corrected chi connectivity index (χ0v) is 8.74. The van der Waals surface area contributed by atoms with Crippen LogP contribution in [0.3, 0.4) is 0 Å². The van der Waals surface area contributed by atoms with Crippen LogP contribution in [0.15, 0.2) is 24.4 Å². The fraction of sp³-hybridized carbons (Fsp3) is 0.583. The molecular weight excluding hydrogens is 172 g/mol. The van der Waals surface area contributed by atoms with Gasteiger partial charge in [-0.3, -0.25) is 4.98 Å². The van der Waals surface area contributed by atoms with Crippen LogP contribution in [0.25, 0.3) is 0 Å². The van der Waals surface area contributed by atoms with Crippen molar-refractivity contribution in [3.8, 4) is 0 Å². The molecule has 1 aromatic rings. The summed E-state index contributed by atoms with van der Waals surface area (Å²) in [5, 5.41) is 3.51. The Morgan fingerprint density at radius 1 is 1.50 bits per heavy atom. The first kappa shape index (κ1) is 9.66. The molecule has 1 heterocycles. The maximum atomic E-state index is 4.33. The van der Waals surface area contributed by atoms with E-state index >= 15 is 0 Å². The monoisotopic (exact) mass is 190 g/mol. The predicted octanol–water partition coefficient (Wildman–Crippen LogP) is 2.53. The summed E-state index contributed by atoms with van der Waals surface area (Å²) in [5.41, 5.74) is 1.14. The van der Waals surface area contributed by atoms with Crippen molar-refractivity contribution in [1.82, 2.24) is 10.3 Å². The number of nitrogens with zero attached hydrogens (tertiary/aromatic N) is 1. The summed E-state index contributed by atoms with van der Waals surface area (Å²) in [6.07, 6.45) is 6.07. The van der Waals surface area contributed by atoms with Crippen LogP contribution in [0, 0.1) is 5.92 Å². The van der Waals surface area contributed by atoms with E-state index in [1.54, 1.807) is 0 Å². The van der Waals surface area contributed by atoms with Gasteiger partial charge in [-0.25, -0.2) is 0 Å². The molecule has 1 aromatic heterocycles. The second-order valence-corrected chi connectivity index (χ2v) is 4.16. The fourth-order valence-electron chi connectivity index (χ4n) is 1.65.